The van der Waals surface area contributed by atoms with Crippen LogP contribution in [0.15, 0.2) is 24.3 Å². The number of aryl methyl sites for hydroxylation is 1. The number of aliphatic hydroxyl groups excluding tert-OH is 1. The molecule has 0 aliphatic rings. The van der Waals surface area contributed by atoms with E-state index in [1.165, 1.54) is 11.1 Å². The highest BCUT2D eigenvalue weighted by atomic mass is 16.3. The molecule has 0 heterocycles. The minimum absolute atomic E-state index is 0.0752. The Balaban J connectivity index is 2.27. The molecule has 17 heavy (non-hydrogen) atoms. The first-order chi connectivity index (χ1) is 8.11. The molecule has 1 rings (SSSR count). The third kappa shape index (κ3) is 5.61. The predicted octanol–water partition coefficient (Wildman–Crippen LogP) is 1.77. The molecule has 0 amide bonds. The fraction of sp³-hybridized carbons (Fsp3) is 0.500. The van der Waals surface area contributed by atoms with E-state index in [4.69, 9.17) is 5.11 Å². The lowest BCUT2D eigenvalue weighted by Gasteiger charge is -2.16. The molecule has 0 saturated carbocycles. The number of rotatable bonds is 7. The Morgan fingerprint density at radius 3 is 2.53 bits per heavy atom. The summed E-state index contributed by atoms with van der Waals surface area (Å²) in [5, 5.41) is 8.60. The van der Waals surface area contributed by atoms with Crippen molar-refractivity contribution in [2.75, 3.05) is 20.2 Å². The zero-order chi connectivity index (χ0) is 12.7. The van der Waals surface area contributed by atoms with Gasteiger partial charge in [0.2, 0.25) is 0 Å². The van der Waals surface area contributed by atoms with Crippen LogP contribution in [-0.4, -0.2) is 36.0 Å². The standard InChI is InChI=1S/C14H21NO2/c1-12-5-7-13(8-6-12)10-15(2)9-3-4-14(17)11-16/h5-8,16H,3-4,9-11H2,1-2H3. The molecule has 0 unspecified atom stereocenters. The third-order valence-corrected chi connectivity index (χ3v) is 2.74. The van der Waals surface area contributed by atoms with Gasteiger partial charge in [-0.15, -0.1) is 0 Å². The zero-order valence-corrected chi connectivity index (χ0v) is 10.6. The second-order valence-electron chi connectivity index (χ2n) is 4.52. The molecule has 3 heteroatoms. The Bertz CT molecular complexity index is 346. The number of hydrogen-bond donors (Lipinski definition) is 1. The number of nitrogens with zero attached hydrogens (tertiary/aromatic N) is 1. The number of Topliss-reactive ketones (excluding diaryl/α,β-unsaturated/α-hetero) is 1. The zero-order valence-electron chi connectivity index (χ0n) is 10.6. The van der Waals surface area contributed by atoms with Gasteiger partial charge >= 0.3 is 0 Å². The lowest BCUT2D eigenvalue weighted by atomic mass is 10.1. The van der Waals surface area contributed by atoms with Crippen molar-refractivity contribution in [2.24, 2.45) is 0 Å². The summed E-state index contributed by atoms with van der Waals surface area (Å²) < 4.78 is 0. The minimum atomic E-state index is -0.332. The van der Waals surface area contributed by atoms with Crippen molar-refractivity contribution in [3.05, 3.63) is 35.4 Å². The van der Waals surface area contributed by atoms with Crippen molar-refractivity contribution in [3.8, 4) is 0 Å². The number of carbonyl (C=O) groups is 1. The molecule has 1 aromatic carbocycles. The molecular weight excluding hydrogens is 214 g/mol. The lowest BCUT2D eigenvalue weighted by Crippen LogP contribution is -2.20. The number of hydrogen-bond acceptors (Lipinski definition) is 3. The van der Waals surface area contributed by atoms with Crippen molar-refractivity contribution in [2.45, 2.75) is 26.3 Å². The Morgan fingerprint density at radius 2 is 1.94 bits per heavy atom. The van der Waals surface area contributed by atoms with E-state index in [-0.39, 0.29) is 12.4 Å². The van der Waals surface area contributed by atoms with Gasteiger partial charge in [0.05, 0.1) is 0 Å². The van der Waals surface area contributed by atoms with Crippen LogP contribution in [0.25, 0.3) is 0 Å². The van der Waals surface area contributed by atoms with Gasteiger partial charge in [-0.1, -0.05) is 29.8 Å². The molecule has 0 saturated heterocycles. The molecule has 94 valence electrons. The van der Waals surface area contributed by atoms with Gasteiger partial charge < -0.3 is 10.0 Å². The van der Waals surface area contributed by atoms with Crippen molar-refractivity contribution in [3.63, 3.8) is 0 Å². The molecule has 3 nitrogen and oxygen atoms in total. The molecule has 0 spiro atoms. The molecule has 0 atom stereocenters. The van der Waals surface area contributed by atoms with Crippen LogP contribution in [-0.2, 0) is 11.3 Å². The summed E-state index contributed by atoms with van der Waals surface area (Å²) >= 11 is 0. The fourth-order valence-corrected chi connectivity index (χ4v) is 1.71. The summed E-state index contributed by atoms with van der Waals surface area (Å²) in [5.74, 6) is -0.0752. The van der Waals surface area contributed by atoms with Crippen LogP contribution in [0.2, 0.25) is 0 Å². The van der Waals surface area contributed by atoms with Gasteiger partial charge in [0.15, 0.2) is 5.78 Å². The summed E-state index contributed by atoms with van der Waals surface area (Å²) in [6.07, 6.45) is 1.27. The van der Waals surface area contributed by atoms with E-state index in [1.54, 1.807) is 0 Å². The van der Waals surface area contributed by atoms with E-state index in [9.17, 15) is 4.79 Å². The minimum Gasteiger partial charge on any atom is -0.389 e. The lowest BCUT2D eigenvalue weighted by molar-refractivity contribution is -0.121. The summed E-state index contributed by atoms with van der Waals surface area (Å²) in [4.78, 5) is 13.1. The normalized spacial score (nSPS) is 10.8. The van der Waals surface area contributed by atoms with E-state index < -0.39 is 0 Å². The average Bonchev–Trinajstić information content (AvgIpc) is 2.32. The van der Waals surface area contributed by atoms with Gasteiger partial charge in [0.1, 0.15) is 6.61 Å². The van der Waals surface area contributed by atoms with Gasteiger partial charge in [0.25, 0.3) is 0 Å². The average molecular weight is 235 g/mol. The van der Waals surface area contributed by atoms with Gasteiger partial charge in [-0.2, -0.15) is 0 Å². The maximum Gasteiger partial charge on any atom is 0.158 e. The second-order valence-corrected chi connectivity index (χ2v) is 4.52. The largest absolute Gasteiger partial charge is 0.389 e. The maximum atomic E-state index is 10.9. The van der Waals surface area contributed by atoms with Gasteiger partial charge in [-0.3, -0.25) is 4.79 Å². The summed E-state index contributed by atoms with van der Waals surface area (Å²) in [5.41, 5.74) is 2.55. The van der Waals surface area contributed by atoms with Crippen molar-refractivity contribution >= 4 is 5.78 Å². The maximum absolute atomic E-state index is 10.9. The van der Waals surface area contributed by atoms with E-state index in [1.807, 2.05) is 7.05 Å². The van der Waals surface area contributed by atoms with Gasteiger partial charge in [-0.05, 0) is 32.5 Å². The van der Waals surface area contributed by atoms with Crippen LogP contribution in [0.5, 0.6) is 0 Å². The quantitative estimate of drug-likeness (QED) is 0.783. The van der Waals surface area contributed by atoms with E-state index in [0.717, 1.165) is 19.5 Å². The van der Waals surface area contributed by atoms with Gasteiger partial charge in [-0.25, -0.2) is 0 Å². The van der Waals surface area contributed by atoms with E-state index >= 15 is 0 Å². The van der Waals surface area contributed by atoms with Crippen LogP contribution in [0.1, 0.15) is 24.0 Å². The summed E-state index contributed by atoms with van der Waals surface area (Å²) in [6, 6.07) is 8.48. The molecule has 0 aromatic heterocycles. The van der Waals surface area contributed by atoms with Crippen LogP contribution in [0.4, 0.5) is 0 Å². The van der Waals surface area contributed by atoms with Crippen LogP contribution in [0.3, 0.4) is 0 Å². The van der Waals surface area contributed by atoms with E-state index in [2.05, 4.69) is 36.1 Å². The summed E-state index contributed by atoms with van der Waals surface area (Å²) in [7, 11) is 2.04. The Morgan fingerprint density at radius 1 is 1.29 bits per heavy atom. The molecule has 0 bridgehead atoms. The summed E-state index contributed by atoms with van der Waals surface area (Å²) in [6.45, 7) is 3.52. The molecule has 0 fully saturated rings. The number of ketones is 1. The van der Waals surface area contributed by atoms with Crippen LogP contribution < -0.4 is 0 Å². The van der Waals surface area contributed by atoms with Crippen molar-refractivity contribution in [1.82, 2.24) is 4.90 Å². The smallest absolute Gasteiger partial charge is 0.158 e. The first kappa shape index (κ1) is 13.9. The van der Waals surface area contributed by atoms with E-state index in [0.29, 0.717) is 6.42 Å². The highest BCUT2D eigenvalue weighted by molar-refractivity contribution is 5.79. The monoisotopic (exact) mass is 235 g/mol. The Hall–Kier alpha value is -1.19. The van der Waals surface area contributed by atoms with Crippen molar-refractivity contribution < 1.29 is 9.90 Å². The highest BCUT2D eigenvalue weighted by Crippen LogP contribution is 2.06. The first-order valence-corrected chi connectivity index (χ1v) is 5.98. The Labute approximate surface area is 103 Å². The number of carbonyl (C=O) groups excluding carboxylic acids is 1. The molecule has 0 radical (unpaired) electrons. The second kappa shape index (κ2) is 7.20. The Kier molecular flexibility index (Phi) is 5.87. The molecule has 0 aliphatic heterocycles. The van der Waals surface area contributed by atoms with Crippen molar-refractivity contribution in [1.29, 1.82) is 0 Å². The predicted molar refractivity (Wildman–Crippen MR) is 68.8 cm³/mol. The molecule has 1 N–H and O–H groups in total. The number of aliphatic hydroxyl groups is 1. The SMILES string of the molecule is Cc1ccc(CN(C)CCCC(=O)CO)cc1. The molecule has 0 aliphatic carbocycles. The van der Waals surface area contributed by atoms with Gasteiger partial charge in [0, 0.05) is 13.0 Å². The topological polar surface area (TPSA) is 40.5 Å². The third-order valence-electron chi connectivity index (χ3n) is 2.74. The molecular formula is C14H21NO2. The highest BCUT2D eigenvalue weighted by Gasteiger charge is 2.03. The van der Waals surface area contributed by atoms with Crippen LogP contribution >= 0.6 is 0 Å². The fourth-order valence-electron chi connectivity index (χ4n) is 1.71. The van der Waals surface area contributed by atoms with Crippen LogP contribution in [0, 0.1) is 6.92 Å². The number of benzene rings is 1. The molecule has 1 aromatic rings. The first-order valence-electron chi connectivity index (χ1n) is 5.98.